The Morgan fingerprint density at radius 2 is 1.93 bits per heavy atom. The van der Waals surface area contributed by atoms with Crippen LogP contribution >= 0.6 is 31.9 Å². The molecule has 1 fully saturated rings. The Balaban J connectivity index is 1.34. The molecule has 1 aliphatic rings. The van der Waals surface area contributed by atoms with Crippen LogP contribution in [0.15, 0.2) is 57.5 Å². The van der Waals surface area contributed by atoms with Gasteiger partial charge in [-0.1, -0.05) is 44.0 Å². The van der Waals surface area contributed by atoms with Crippen LogP contribution in [0.5, 0.6) is 5.75 Å². The standard InChI is InChI=1S/C21H25Br2NO4/c22-17-4-6-20(7-5-17)27-11-10-26-15-19(25)13-24-8-9-28-21(14-24)16-2-1-3-18(23)12-16/h1-7,12,19,21,25H,8-11,13-15H2. The zero-order chi connectivity index (χ0) is 19.8. The number of hydrogen-bond donors (Lipinski definition) is 1. The molecule has 0 aromatic heterocycles. The lowest BCUT2D eigenvalue weighted by atomic mass is 10.1. The van der Waals surface area contributed by atoms with Crippen molar-refractivity contribution in [2.45, 2.75) is 12.2 Å². The molecular weight excluding hydrogens is 490 g/mol. The zero-order valence-electron chi connectivity index (χ0n) is 15.6. The SMILES string of the molecule is OC(COCCOc1ccc(Br)cc1)CN1CCOC(c2cccc(Br)c2)C1. The van der Waals surface area contributed by atoms with Crippen LogP contribution in [-0.4, -0.2) is 62.2 Å². The Labute approximate surface area is 182 Å². The van der Waals surface area contributed by atoms with Crippen LogP contribution in [0, 0.1) is 0 Å². The molecule has 0 bridgehead atoms. The Morgan fingerprint density at radius 1 is 1.11 bits per heavy atom. The highest BCUT2D eigenvalue weighted by molar-refractivity contribution is 9.10. The molecule has 2 atom stereocenters. The maximum absolute atomic E-state index is 10.3. The largest absolute Gasteiger partial charge is 0.491 e. The number of morpholine rings is 1. The van der Waals surface area contributed by atoms with E-state index < -0.39 is 6.10 Å². The van der Waals surface area contributed by atoms with Gasteiger partial charge in [-0.05, 0) is 42.0 Å². The van der Waals surface area contributed by atoms with Gasteiger partial charge in [0.05, 0.1) is 32.0 Å². The maximum atomic E-state index is 10.3. The van der Waals surface area contributed by atoms with Gasteiger partial charge < -0.3 is 19.3 Å². The molecule has 5 nitrogen and oxygen atoms in total. The Hall–Kier alpha value is -0.960. The number of benzene rings is 2. The Kier molecular flexibility index (Phi) is 8.76. The van der Waals surface area contributed by atoms with E-state index in [1.165, 1.54) is 0 Å². The number of aliphatic hydroxyl groups excluding tert-OH is 1. The fourth-order valence-corrected chi connectivity index (χ4v) is 3.78. The molecule has 0 aliphatic carbocycles. The summed E-state index contributed by atoms with van der Waals surface area (Å²) in [6.07, 6.45) is -0.507. The fourth-order valence-electron chi connectivity index (χ4n) is 3.10. The highest BCUT2D eigenvalue weighted by Crippen LogP contribution is 2.24. The lowest BCUT2D eigenvalue weighted by Crippen LogP contribution is -2.43. The van der Waals surface area contributed by atoms with Gasteiger partial charge in [0.1, 0.15) is 12.4 Å². The summed E-state index contributed by atoms with van der Waals surface area (Å²) in [6.45, 7) is 4.00. The molecule has 0 spiro atoms. The average Bonchev–Trinajstić information content (AvgIpc) is 2.69. The molecule has 3 rings (SSSR count). The molecule has 2 aromatic rings. The Morgan fingerprint density at radius 3 is 2.71 bits per heavy atom. The van der Waals surface area contributed by atoms with E-state index in [0.29, 0.717) is 33.0 Å². The molecule has 1 saturated heterocycles. The van der Waals surface area contributed by atoms with E-state index in [4.69, 9.17) is 14.2 Å². The van der Waals surface area contributed by atoms with Crippen LogP contribution in [0.1, 0.15) is 11.7 Å². The first-order valence-electron chi connectivity index (χ1n) is 9.34. The molecule has 2 aromatic carbocycles. The summed E-state index contributed by atoms with van der Waals surface area (Å²) in [5.41, 5.74) is 1.15. The highest BCUT2D eigenvalue weighted by atomic mass is 79.9. The van der Waals surface area contributed by atoms with Crippen molar-refractivity contribution in [1.29, 1.82) is 0 Å². The molecule has 0 radical (unpaired) electrons. The molecule has 1 heterocycles. The summed E-state index contributed by atoms with van der Waals surface area (Å²) in [5.74, 6) is 0.805. The monoisotopic (exact) mass is 513 g/mol. The summed E-state index contributed by atoms with van der Waals surface area (Å²) in [5, 5.41) is 10.3. The molecule has 0 saturated carbocycles. The third-order valence-corrected chi connectivity index (χ3v) is 5.48. The van der Waals surface area contributed by atoms with Crippen LogP contribution in [-0.2, 0) is 9.47 Å². The van der Waals surface area contributed by atoms with Crippen LogP contribution < -0.4 is 4.74 Å². The molecule has 7 heteroatoms. The molecule has 0 amide bonds. The van der Waals surface area contributed by atoms with Gasteiger partial charge >= 0.3 is 0 Å². The van der Waals surface area contributed by atoms with Gasteiger partial charge in [0.15, 0.2) is 0 Å². The summed E-state index contributed by atoms with van der Waals surface area (Å²) >= 11 is 6.90. The van der Waals surface area contributed by atoms with E-state index in [9.17, 15) is 5.11 Å². The highest BCUT2D eigenvalue weighted by Gasteiger charge is 2.23. The maximum Gasteiger partial charge on any atom is 0.119 e. The third kappa shape index (κ3) is 7.13. The lowest BCUT2D eigenvalue weighted by Gasteiger charge is -2.34. The van der Waals surface area contributed by atoms with Gasteiger partial charge in [-0.25, -0.2) is 0 Å². The van der Waals surface area contributed by atoms with Crippen LogP contribution in [0.2, 0.25) is 0 Å². The summed E-state index contributed by atoms with van der Waals surface area (Å²) in [6, 6.07) is 15.8. The molecule has 1 aliphatic heterocycles. The van der Waals surface area contributed by atoms with Gasteiger partial charge in [0.2, 0.25) is 0 Å². The van der Waals surface area contributed by atoms with E-state index in [-0.39, 0.29) is 6.10 Å². The minimum atomic E-state index is -0.533. The minimum Gasteiger partial charge on any atom is -0.491 e. The minimum absolute atomic E-state index is 0.0266. The second-order valence-corrected chi connectivity index (χ2v) is 8.54. The number of ether oxygens (including phenoxy) is 3. The van der Waals surface area contributed by atoms with Crippen molar-refractivity contribution >= 4 is 31.9 Å². The average molecular weight is 515 g/mol. The number of β-amino-alcohol motifs (C(OH)–C–C–N with tert-alkyl or cyclic N) is 1. The smallest absolute Gasteiger partial charge is 0.119 e. The van der Waals surface area contributed by atoms with Crippen LogP contribution in [0.4, 0.5) is 0 Å². The summed E-state index contributed by atoms with van der Waals surface area (Å²) in [7, 11) is 0. The van der Waals surface area contributed by atoms with Gasteiger partial charge in [-0.3, -0.25) is 4.90 Å². The van der Waals surface area contributed by atoms with Crippen molar-refractivity contribution in [3.05, 3.63) is 63.0 Å². The van der Waals surface area contributed by atoms with Crippen molar-refractivity contribution in [2.24, 2.45) is 0 Å². The molecule has 28 heavy (non-hydrogen) atoms. The first-order chi connectivity index (χ1) is 13.6. The van der Waals surface area contributed by atoms with Gasteiger partial charge in [0.25, 0.3) is 0 Å². The van der Waals surface area contributed by atoms with E-state index in [0.717, 1.165) is 33.3 Å². The predicted molar refractivity (Wildman–Crippen MR) is 116 cm³/mol. The number of rotatable bonds is 9. The zero-order valence-corrected chi connectivity index (χ0v) is 18.8. The second-order valence-electron chi connectivity index (χ2n) is 6.71. The lowest BCUT2D eigenvalue weighted by molar-refractivity contribution is -0.0535. The molecular formula is C21H25Br2NO4. The first-order valence-corrected chi connectivity index (χ1v) is 10.9. The van der Waals surface area contributed by atoms with Crippen molar-refractivity contribution in [1.82, 2.24) is 4.90 Å². The summed E-state index contributed by atoms with van der Waals surface area (Å²) < 4.78 is 19.1. The topological polar surface area (TPSA) is 51.2 Å². The number of nitrogens with zero attached hydrogens (tertiary/aromatic N) is 1. The van der Waals surface area contributed by atoms with E-state index in [1.807, 2.05) is 36.4 Å². The van der Waals surface area contributed by atoms with Gasteiger partial charge in [0, 0.05) is 28.6 Å². The normalized spacial score (nSPS) is 18.8. The molecule has 2 unspecified atom stereocenters. The quantitative estimate of drug-likeness (QED) is 0.512. The van der Waals surface area contributed by atoms with Crippen molar-refractivity contribution < 1.29 is 19.3 Å². The first kappa shape index (κ1) is 21.7. The van der Waals surface area contributed by atoms with E-state index in [2.05, 4.69) is 48.9 Å². The predicted octanol–water partition coefficient (Wildman–Crippen LogP) is 4.04. The van der Waals surface area contributed by atoms with E-state index in [1.54, 1.807) is 0 Å². The molecule has 152 valence electrons. The molecule has 1 N–H and O–H groups in total. The van der Waals surface area contributed by atoms with Crippen molar-refractivity contribution in [3.8, 4) is 5.75 Å². The Bertz CT molecular complexity index is 729. The van der Waals surface area contributed by atoms with Gasteiger partial charge in [-0.2, -0.15) is 0 Å². The van der Waals surface area contributed by atoms with E-state index >= 15 is 0 Å². The number of aliphatic hydroxyl groups is 1. The van der Waals surface area contributed by atoms with Crippen molar-refractivity contribution in [3.63, 3.8) is 0 Å². The fraction of sp³-hybridized carbons (Fsp3) is 0.429. The summed E-state index contributed by atoms with van der Waals surface area (Å²) in [4.78, 5) is 2.22. The van der Waals surface area contributed by atoms with Crippen LogP contribution in [0.3, 0.4) is 0 Å². The van der Waals surface area contributed by atoms with Crippen LogP contribution in [0.25, 0.3) is 0 Å². The van der Waals surface area contributed by atoms with Crippen molar-refractivity contribution in [2.75, 3.05) is 46.1 Å². The second kappa shape index (κ2) is 11.3. The number of hydrogen-bond acceptors (Lipinski definition) is 5. The third-order valence-electron chi connectivity index (χ3n) is 4.46. The number of halogens is 2. The van der Waals surface area contributed by atoms with Gasteiger partial charge in [-0.15, -0.1) is 0 Å².